The first-order valence-corrected chi connectivity index (χ1v) is 16.5. The average molecular weight is 621 g/mol. The minimum atomic E-state index is -4.04. The van der Waals surface area contributed by atoms with E-state index in [9.17, 15) is 13.7 Å². The van der Waals surface area contributed by atoms with Crippen molar-refractivity contribution in [3.63, 3.8) is 0 Å². The molecule has 2 saturated heterocycles. The molecule has 0 unspecified atom stereocenters. The molecule has 0 bridgehead atoms. The number of benzene rings is 3. The maximum atomic E-state index is 14.3. The molecular formula is C35H32N4O5S. The van der Waals surface area contributed by atoms with Crippen LogP contribution in [-0.4, -0.2) is 63.0 Å². The largest absolute Gasteiger partial charge is 0.489 e. The summed E-state index contributed by atoms with van der Waals surface area (Å²) in [7, 11) is -4.04. The van der Waals surface area contributed by atoms with E-state index in [4.69, 9.17) is 14.2 Å². The van der Waals surface area contributed by atoms with Crippen molar-refractivity contribution in [1.82, 2.24) is 8.96 Å². The summed E-state index contributed by atoms with van der Waals surface area (Å²) in [5, 5.41) is 10.7. The molecule has 5 aromatic rings. The van der Waals surface area contributed by atoms with Crippen molar-refractivity contribution in [1.29, 1.82) is 5.26 Å². The summed E-state index contributed by atoms with van der Waals surface area (Å²) < 4.78 is 47.1. The first-order chi connectivity index (χ1) is 22.0. The SMILES string of the molecule is N#Cc1cc(-c2ccnc3c2cc(-c2cccc(N4CCOCC4)c2)n3S(=O)(=O)c2ccccc2)ccc1OC1CCOCC1. The van der Waals surface area contributed by atoms with Crippen LogP contribution in [0.4, 0.5) is 5.69 Å². The zero-order valence-electron chi connectivity index (χ0n) is 24.6. The quantitative estimate of drug-likeness (QED) is 0.222. The second-order valence-corrected chi connectivity index (χ2v) is 12.9. The molecule has 2 fully saturated rings. The molecule has 0 spiro atoms. The van der Waals surface area contributed by atoms with Gasteiger partial charge in [-0.2, -0.15) is 5.26 Å². The van der Waals surface area contributed by atoms with Crippen molar-refractivity contribution < 1.29 is 22.6 Å². The van der Waals surface area contributed by atoms with Crippen molar-refractivity contribution in [2.45, 2.75) is 23.8 Å². The first kappa shape index (κ1) is 29.0. The molecule has 10 heteroatoms. The van der Waals surface area contributed by atoms with Gasteiger partial charge in [0.1, 0.15) is 17.9 Å². The molecule has 45 heavy (non-hydrogen) atoms. The monoisotopic (exact) mass is 620 g/mol. The Morgan fingerprint density at radius 1 is 0.844 bits per heavy atom. The second kappa shape index (κ2) is 12.4. The molecule has 4 heterocycles. The highest BCUT2D eigenvalue weighted by atomic mass is 32.2. The predicted molar refractivity (Wildman–Crippen MR) is 172 cm³/mol. The average Bonchev–Trinajstić information content (AvgIpc) is 3.51. The summed E-state index contributed by atoms with van der Waals surface area (Å²) in [6.45, 7) is 4.08. The Morgan fingerprint density at radius 2 is 1.62 bits per heavy atom. The predicted octanol–water partition coefficient (Wildman–Crippen LogP) is 5.87. The lowest BCUT2D eigenvalue weighted by molar-refractivity contribution is 0.0254. The Labute approximate surface area is 262 Å². The molecule has 0 radical (unpaired) electrons. The summed E-state index contributed by atoms with van der Waals surface area (Å²) in [5.74, 6) is 0.531. The van der Waals surface area contributed by atoms with Crippen LogP contribution in [0.25, 0.3) is 33.4 Å². The molecule has 2 aromatic heterocycles. The number of ether oxygens (including phenoxy) is 3. The number of morpholine rings is 1. The van der Waals surface area contributed by atoms with Crippen LogP contribution in [0.15, 0.2) is 96.0 Å². The highest BCUT2D eigenvalue weighted by Crippen LogP contribution is 2.38. The minimum Gasteiger partial charge on any atom is -0.489 e. The maximum absolute atomic E-state index is 14.3. The fraction of sp³-hybridized carbons (Fsp3) is 0.257. The Kier molecular flexibility index (Phi) is 7.98. The van der Waals surface area contributed by atoms with Crippen LogP contribution in [0.2, 0.25) is 0 Å². The van der Waals surface area contributed by atoms with E-state index in [-0.39, 0.29) is 11.0 Å². The van der Waals surface area contributed by atoms with Crippen LogP contribution in [0.1, 0.15) is 18.4 Å². The van der Waals surface area contributed by atoms with E-state index in [1.54, 1.807) is 42.6 Å². The minimum absolute atomic E-state index is 0.00246. The molecule has 3 aromatic carbocycles. The lowest BCUT2D eigenvalue weighted by Crippen LogP contribution is -2.36. The fourth-order valence-electron chi connectivity index (χ4n) is 6.01. The van der Waals surface area contributed by atoms with E-state index < -0.39 is 10.0 Å². The van der Waals surface area contributed by atoms with Crippen molar-refractivity contribution in [3.05, 3.63) is 96.7 Å². The van der Waals surface area contributed by atoms with Crippen molar-refractivity contribution >= 4 is 26.7 Å². The Morgan fingerprint density at radius 3 is 2.40 bits per heavy atom. The molecule has 9 nitrogen and oxygen atoms in total. The zero-order chi connectivity index (χ0) is 30.8. The van der Waals surface area contributed by atoms with Crippen molar-refractivity contribution in [3.8, 4) is 34.2 Å². The first-order valence-electron chi connectivity index (χ1n) is 15.1. The van der Waals surface area contributed by atoms with Crippen LogP contribution in [0, 0.1) is 11.3 Å². The normalized spacial score (nSPS) is 16.0. The van der Waals surface area contributed by atoms with Crippen LogP contribution >= 0.6 is 0 Å². The zero-order valence-corrected chi connectivity index (χ0v) is 25.4. The topological polar surface area (TPSA) is 107 Å². The molecule has 0 atom stereocenters. The summed E-state index contributed by atoms with van der Waals surface area (Å²) in [5.41, 5.74) is 4.51. The summed E-state index contributed by atoms with van der Waals surface area (Å²) >= 11 is 0. The van der Waals surface area contributed by atoms with Gasteiger partial charge in [0.15, 0.2) is 5.65 Å². The van der Waals surface area contributed by atoms with E-state index in [1.165, 1.54) is 3.97 Å². The number of nitrogens with zero attached hydrogens (tertiary/aromatic N) is 4. The summed E-state index contributed by atoms with van der Waals surface area (Å²) in [6.07, 6.45) is 3.16. The van der Waals surface area contributed by atoms with Crippen LogP contribution in [-0.2, 0) is 19.5 Å². The molecular weight excluding hydrogens is 588 g/mol. The molecule has 0 amide bonds. The number of rotatable bonds is 7. The Hall–Kier alpha value is -4.69. The third-order valence-corrected chi connectivity index (χ3v) is 10.1. The van der Waals surface area contributed by atoms with E-state index in [2.05, 4.69) is 16.0 Å². The van der Waals surface area contributed by atoms with Gasteiger partial charge in [-0.15, -0.1) is 0 Å². The van der Waals surface area contributed by atoms with Crippen LogP contribution < -0.4 is 9.64 Å². The van der Waals surface area contributed by atoms with Crippen molar-refractivity contribution in [2.75, 3.05) is 44.4 Å². The number of fused-ring (bicyclic) bond motifs is 1. The van der Waals surface area contributed by atoms with Gasteiger partial charge < -0.3 is 19.1 Å². The van der Waals surface area contributed by atoms with Gasteiger partial charge in [0.2, 0.25) is 0 Å². The lowest BCUT2D eigenvalue weighted by Gasteiger charge is -2.29. The number of pyridine rings is 1. The molecule has 7 rings (SSSR count). The fourth-order valence-corrected chi connectivity index (χ4v) is 7.52. The Bertz CT molecular complexity index is 1990. The molecule has 0 saturated carbocycles. The van der Waals surface area contributed by atoms with Gasteiger partial charge >= 0.3 is 0 Å². The number of anilines is 1. The third-order valence-electron chi connectivity index (χ3n) is 8.33. The van der Waals surface area contributed by atoms with Crippen molar-refractivity contribution in [2.24, 2.45) is 0 Å². The second-order valence-electron chi connectivity index (χ2n) is 11.1. The number of hydrogen-bond donors (Lipinski definition) is 0. The van der Waals surface area contributed by atoms with E-state index in [0.717, 1.165) is 48.3 Å². The summed E-state index contributed by atoms with van der Waals surface area (Å²) in [4.78, 5) is 7.02. The molecule has 0 aliphatic carbocycles. The highest BCUT2D eigenvalue weighted by molar-refractivity contribution is 7.90. The number of aromatic nitrogens is 2. The Balaban J connectivity index is 1.38. The summed E-state index contributed by atoms with van der Waals surface area (Å²) in [6, 6.07) is 27.9. The number of hydrogen-bond acceptors (Lipinski definition) is 8. The van der Waals surface area contributed by atoms with Gasteiger partial charge in [-0.25, -0.2) is 17.4 Å². The maximum Gasteiger partial charge on any atom is 0.269 e. The van der Waals surface area contributed by atoms with E-state index in [1.807, 2.05) is 48.5 Å². The third kappa shape index (κ3) is 5.66. The van der Waals surface area contributed by atoms with Crippen LogP contribution in [0.5, 0.6) is 5.75 Å². The van der Waals surface area contributed by atoms with Gasteiger partial charge in [0, 0.05) is 48.8 Å². The van der Waals surface area contributed by atoms with E-state index in [0.29, 0.717) is 54.5 Å². The van der Waals surface area contributed by atoms with Gasteiger partial charge in [-0.1, -0.05) is 36.4 Å². The lowest BCUT2D eigenvalue weighted by atomic mass is 10.0. The molecule has 228 valence electrons. The molecule has 2 aliphatic rings. The van der Waals surface area contributed by atoms with E-state index >= 15 is 0 Å². The number of nitriles is 1. The molecule has 2 aliphatic heterocycles. The highest BCUT2D eigenvalue weighted by Gasteiger charge is 2.27. The standard InChI is InChI=1S/C35H32N4O5S/c36-24-27-21-25(9-10-34(27)44-29-12-17-42-18-13-29)31-11-14-37-35-32(31)23-33(39(35)45(40,41)30-7-2-1-3-8-30)26-5-4-6-28(22-26)38-15-19-43-20-16-38/h1-11,14,21-23,29H,12-13,15-20H2. The van der Waals surface area contributed by atoms with Gasteiger partial charge in [0.05, 0.1) is 42.6 Å². The van der Waals surface area contributed by atoms with Gasteiger partial charge in [-0.3, -0.25) is 0 Å². The van der Waals surface area contributed by atoms with Crippen LogP contribution in [0.3, 0.4) is 0 Å². The molecule has 0 N–H and O–H groups in total. The smallest absolute Gasteiger partial charge is 0.269 e. The van der Waals surface area contributed by atoms with Gasteiger partial charge in [0.25, 0.3) is 10.0 Å². The van der Waals surface area contributed by atoms with Gasteiger partial charge in [-0.05, 0) is 59.7 Å².